The molecular formula is C34H24. The highest BCUT2D eigenvalue weighted by Crippen LogP contribution is 2.45. The average molecular weight is 433 g/mol. The second-order valence-corrected chi connectivity index (χ2v) is 8.62. The van der Waals surface area contributed by atoms with E-state index in [0.29, 0.717) is 0 Å². The average Bonchev–Trinajstić information content (AvgIpc) is 2.90. The number of hydrogen-bond acceptors (Lipinski definition) is 0. The predicted octanol–water partition coefficient (Wildman–Crippen LogP) is 9.77. The van der Waals surface area contributed by atoms with Gasteiger partial charge < -0.3 is 0 Å². The van der Waals surface area contributed by atoms with Crippen molar-refractivity contribution in [3.63, 3.8) is 0 Å². The van der Waals surface area contributed by atoms with E-state index in [1.807, 2.05) is 12.2 Å². The van der Waals surface area contributed by atoms with Crippen molar-refractivity contribution < 1.29 is 0 Å². The van der Waals surface area contributed by atoms with Crippen LogP contribution >= 0.6 is 0 Å². The molecule has 0 heterocycles. The van der Waals surface area contributed by atoms with Gasteiger partial charge in [-0.2, -0.15) is 0 Å². The Morgan fingerprint density at radius 3 is 1.68 bits per heavy atom. The molecule has 0 aromatic heterocycles. The standard InChI is InChI=1S/C34H24/c1-3-23-14-11-19-28(27(23)4-2)34-31-17-9-7-15-29(31)33(30-16-8-10-18-32(30)34)26-21-20-24-12-5-6-13-25(24)22-26/h3-22H,1-2H2. The third-order valence-corrected chi connectivity index (χ3v) is 6.80. The van der Waals surface area contributed by atoms with Crippen LogP contribution in [0.1, 0.15) is 11.1 Å². The highest BCUT2D eigenvalue weighted by Gasteiger charge is 2.18. The summed E-state index contributed by atoms with van der Waals surface area (Å²) in [5.74, 6) is 0. The van der Waals surface area contributed by atoms with Gasteiger partial charge in [0.05, 0.1) is 0 Å². The van der Waals surface area contributed by atoms with Crippen molar-refractivity contribution >= 4 is 44.5 Å². The summed E-state index contributed by atoms with van der Waals surface area (Å²) in [7, 11) is 0. The van der Waals surface area contributed by atoms with Crippen LogP contribution in [-0.2, 0) is 0 Å². The zero-order valence-electron chi connectivity index (χ0n) is 19.0. The van der Waals surface area contributed by atoms with Gasteiger partial charge in [-0.3, -0.25) is 0 Å². The quantitative estimate of drug-likeness (QED) is 0.243. The Bertz CT molecular complexity index is 1680. The van der Waals surface area contributed by atoms with Gasteiger partial charge in [-0.05, 0) is 71.8 Å². The summed E-state index contributed by atoms with van der Waals surface area (Å²) >= 11 is 0. The first kappa shape index (κ1) is 20.2. The molecule has 0 aliphatic rings. The van der Waals surface area contributed by atoms with Crippen LogP contribution in [0, 0.1) is 0 Å². The largest absolute Gasteiger partial charge is 0.0984 e. The second-order valence-electron chi connectivity index (χ2n) is 8.62. The Labute approximate surface area is 200 Å². The Morgan fingerprint density at radius 2 is 1.06 bits per heavy atom. The molecule has 6 aromatic carbocycles. The first-order valence-electron chi connectivity index (χ1n) is 11.6. The van der Waals surface area contributed by atoms with Gasteiger partial charge >= 0.3 is 0 Å². The summed E-state index contributed by atoms with van der Waals surface area (Å²) in [4.78, 5) is 0. The van der Waals surface area contributed by atoms with Gasteiger partial charge in [-0.25, -0.2) is 0 Å². The summed E-state index contributed by atoms with van der Waals surface area (Å²) in [5, 5.41) is 7.51. The minimum Gasteiger partial charge on any atom is -0.0984 e. The van der Waals surface area contributed by atoms with Crippen LogP contribution in [0.5, 0.6) is 0 Å². The molecule has 0 radical (unpaired) electrons. The fourth-order valence-electron chi connectivity index (χ4n) is 5.28. The maximum absolute atomic E-state index is 4.13. The van der Waals surface area contributed by atoms with Crippen molar-refractivity contribution in [3.05, 3.63) is 133 Å². The van der Waals surface area contributed by atoms with Gasteiger partial charge in [0, 0.05) is 0 Å². The van der Waals surface area contributed by atoms with Gasteiger partial charge in [-0.1, -0.05) is 128 Å². The topological polar surface area (TPSA) is 0 Å². The molecule has 0 heteroatoms. The van der Waals surface area contributed by atoms with Crippen LogP contribution in [0.3, 0.4) is 0 Å². The molecule has 0 spiro atoms. The molecule has 0 amide bonds. The zero-order valence-corrected chi connectivity index (χ0v) is 19.0. The third kappa shape index (κ3) is 3.08. The summed E-state index contributed by atoms with van der Waals surface area (Å²) < 4.78 is 0. The van der Waals surface area contributed by atoms with Crippen LogP contribution < -0.4 is 0 Å². The van der Waals surface area contributed by atoms with Crippen LogP contribution in [0.4, 0.5) is 0 Å². The first-order valence-corrected chi connectivity index (χ1v) is 11.6. The van der Waals surface area contributed by atoms with Crippen LogP contribution in [0.15, 0.2) is 122 Å². The van der Waals surface area contributed by atoms with E-state index >= 15 is 0 Å². The molecule has 160 valence electrons. The van der Waals surface area contributed by atoms with Gasteiger partial charge in [-0.15, -0.1) is 0 Å². The molecule has 0 fully saturated rings. The molecule has 0 aliphatic heterocycles. The Balaban J connectivity index is 1.79. The first-order chi connectivity index (χ1) is 16.8. The molecule has 0 aliphatic carbocycles. The summed E-state index contributed by atoms with van der Waals surface area (Å²) in [6.45, 7) is 8.16. The van der Waals surface area contributed by atoms with E-state index in [-0.39, 0.29) is 0 Å². The number of hydrogen-bond donors (Lipinski definition) is 0. The molecular weight excluding hydrogens is 408 g/mol. The van der Waals surface area contributed by atoms with Gasteiger partial charge in [0.2, 0.25) is 0 Å². The van der Waals surface area contributed by atoms with E-state index < -0.39 is 0 Å². The monoisotopic (exact) mass is 432 g/mol. The fraction of sp³-hybridized carbons (Fsp3) is 0. The van der Waals surface area contributed by atoms with Crippen LogP contribution in [-0.4, -0.2) is 0 Å². The molecule has 0 saturated heterocycles. The van der Waals surface area contributed by atoms with E-state index in [1.54, 1.807) is 0 Å². The predicted molar refractivity (Wildman–Crippen MR) is 150 cm³/mol. The van der Waals surface area contributed by atoms with Crippen molar-refractivity contribution in [3.8, 4) is 22.3 Å². The Hall–Kier alpha value is -4.42. The smallest absolute Gasteiger partial charge is 0.00201 e. The molecule has 6 aromatic rings. The Morgan fingerprint density at radius 1 is 0.471 bits per heavy atom. The lowest BCUT2D eigenvalue weighted by Crippen LogP contribution is -1.93. The minimum atomic E-state index is 1.10. The lowest BCUT2D eigenvalue weighted by Gasteiger charge is -2.19. The van der Waals surface area contributed by atoms with Gasteiger partial charge in [0.15, 0.2) is 0 Å². The van der Waals surface area contributed by atoms with Crippen molar-refractivity contribution in [1.82, 2.24) is 0 Å². The van der Waals surface area contributed by atoms with Gasteiger partial charge in [0.25, 0.3) is 0 Å². The fourth-order valence-corrected chi connectivity index (χ4v) is 5.28. The molecule has 0 N–H and O–H groups in total. The molecule has 0 unspecified atom stereocenters. The maximum Gasteiger partial charge on any atom is -0.00201 e. The van der Waals surface area contributed by atoms with Gasteiger partial charge in [0.1, 0.15) is 0 Å². The van der Waals surface area contributed by atoms with Crippen molar-refractivity contribution in [2.24, 2.45) is 0 Å². The lowest BCUT2D eigenvalue weighted by molar-refractivity contribution is 1.60. The second kappa shape index (κ2) is 8.17. The van der Waals surface area contributed by atoms with E-state index in [9.17, 15) is 0 Å². The highest BCUT2D eigenvalue weighted by atomic mass is 14.2. The third-order valence-electron chi connectivity index (χ3n) is 6.80. The van der Waals surface area contributed by atoms with E-state index in [4.69, 9.17) is 0 Å². The lowest BCUT2D eigenvalue weighted by atomic mass is 9.83. The Kier molecular flexibility index (Phi) is 4.86. The molecule has 0 saturated carbocycles. The van der Waals surface area contributed by atoms with Crippen LogP contribution in [0.2, 0.25) is 0 Å². The SMILES string of the molecule is C=Cc1cccc(-c2c3ccccc3c(-c3ccc4ccccc4c3)c3ccccc23)c1C=C. The van der Waals surface area contributed by atoms with Crippen LogP contribution in [0.25, 0.3) is 66.7 Å². The zero-order chi connectivity index (χ0) is 23.1. The number of benzene rings is 6. The summed E-state index contributed by atoms with van der Waals surface area (Å²) in [6.07, 6.45) is 3.86. The number of rotatable bonds is 4. The molecule has 0 bridgehead atoms. The maximum atomic E-state index is 4.13. The van der Waals surface area contributed by atoms with E-state index in [0.717, 1.165) is 11.1 Å². The van der Waals surface area contributed by atoms with E-state index in [2.05, 4.69) is 122 Å². The molecule has 0 atom stereocenters. The minimum absolute atomic E-state index is 1.10. The molecule has 6 rings (SSSR count). The van der Waals surface area contributed by atoms with Crippen molar-refractivity contribution in [1.29, 1.82) is 0 Å². The molecule has 0 nitrogen and oxygen atoms in total. The summed E-state index contributed by atoms with van der Waals surface area (Å²) in [6, 6.07) is 39.3. The molecule has 34 heavy (non-hydrogen) atoms. The highest BCUT2D eigenvalue weighted by molar-refractivity contribution is 6.22. The van der Waals surface area contributed by atoms with Crippen molar-refractivity contribution in [2.75, 3.05) is 0 Å². The normalized spacial score (nSPS) is 11.2. The summed E-state index contributed by atoms with van der Waals surface area (Å²) in [5.41, 5.74) is 7.16. The number of fused-ring (bicyclic) bond motifs is 3. The van der Waals surface area contributed by atoms with E-state index in [1.165, 1.54) is 54.6 Å². The van der Waals surface area contributed by atoms with Crippen molar-refractivity contribution in [2.45, 2.75) is 0 Å².